The van der Waals surface area contributed by atoms with Crippen LogP contribution in [0.4, 0.5) is 0 Å². The van der Waals surface area contributed by atoms with Crippen LogP contribution in [-0.2, 0) is 36.8 Å². The van der Waals surface area contributed by atoms with Gasteiger partial charge in [0.25, 0.3) is 0 Å². The predicted molar refractivity (Wildman–Crippen MR) is 160 cm³/mol. The first-order valence-corrected chi connectivity index (χ1v) is 14.8. The molecule has 2 radical (unpaired) electrons. The molecule has 0 saturated heterocycles. The zero-order valence-electron chi connectivity index (χ0n) is 20.7. The van der Waals surface area contributed by atoms with Crippen molar-refractivity contribution in [1.82, 2.24) is 4.57 Å². The SMILES string of the molecule is Cl.Cl.Cn1c2ccccc2c2c3ccccc3[cH-]c21.[CH3-].[CH3-].[Si]=[Zr].[c-]1cccc2c1Cc1ccccc1-2. The normalized spacial score (nSPS) is 10.1. The minimum Gasteiger partial charge on any atom is -0.179 e. The van der Waals surface area contributed by atoms with Gasteiger partial charge in [-0.3, -0.25) is 0 Å². The van der Waals surface area contributed by atoms with Gasteiger partial charge in [0.1, 0.15) is 0 Å². The van der Waals surface area contributed by atoms with Gasteiger partial charge in [-0.25, -0.2) is 0 Å². The number of benzene rings is 4. The van der Waals surface area contributed by atoms with Crippen molar-refractivity contribution in [2.75, 3.05) is 0 Å². The molecular formula is C31H29Cl2NSiZr-4. The summed E-state index contributed by atoms with van der Waals surface area (Å²) in [5.74, 6) is 0. The number of fused-ring (bicyclic) bond motifs is 8. The van der Waals surface area contributed by atoms with E-state index in [1.165, 1.54) is 78.2 Å². The second-order valence-corrected chi connectivity index (χ2v) is 7.96. The number of para-hydroxylation sites is 1. The maximum atomic E-state index is 3.30. The van der Waals surface area contributed by atoms with Crippen LogP contribution in [0, 0.1) is 20.9 Å². The van der Waals surface area contributed by atoms with Gasteiger partial charge < -0.3 is 19.4 Å². The summed E-state index contributed by atoms with van der Waals surface area (Å²) in [5.41, 5.74) is 8.15. The van der Waals surface area contributed by atoms with Gasteiger partial charge in [-0.2, -0.15) is 29.8 Å². The van der Waals surface area contributed by atoms with E-state index >= 15 is 0 Å². The molecule has 0 unspecified atom stereocenters. The molecular weight excluding hydrogens is 577 g/mol. The molecule has 1 nitrogen and oxygen atoms in total. The number of hydrogen-bond acceptors (Lipinski definition) is 0. The molecule has 0 N–H and O–H groups in total. The summed E-state index contributed by atoms with van der Waals surface area (Å²) in [5, 5.41) is 5.43. The van der Waals surface area contributed by atoms with E-state index in [4.69, 9.17) is 0 Å². The van der Waals surface area contributed by atoms with Crippen molar-refractivity contribution >= 4 is 64.3 Å². The Morgan fingerprint density at radius 3 is 2.17 bits per heavy atom. The van der Waals surface area contributed by atoms with E-state index in [0.717, 1.165) is 6.42 Å². The third-order valence-corrected chi connectivity index (χ3v) is 6.29. The van der Waals surface area contributed by atoms with Gasteiger partial charge in [0.05, 0.1) is 0 Å². The maximum absolute atomic E-state index is 3.30. The number of nitrogens with zero attached hydrogens (tertiary/aromatic N) is 1. The molecule has 1 heterocycles. The molecule has 1 aliphatic rings. The van der Waals surface area contributed by atoms with Crippen LogP contribution in [0.2, 0.25) is 0 Å². The van der Waals surface area contributed by atoms with Crippen molar-refractivity contribution in [1.29, 1.82) is 0 Å². The Hall–Kier alpha value is -2.03. The molecule has 0 aliphatic heterocycles. The molecule has 0 fully saturated rings. The minimum absolute atomic E-state index is 0. The maximum Gasteiger partial charge on any atom is -0.0253 e. The molecule has 0 bridgehead atoms. The standard InChI is InChI=1S/C16H12N.C13H9.2CH3.2ClH.Si.Zr/c1-17-14-9-5-4-8-13(14)16-12-7-3-2-6-11(12)10-15(16)17;1-3-7-12-10(5-1)9-11-6-2-4-8-13(11)12;;;;;;/h2-10H,1H3;1-5,7-8H,9H2;2*1H3;2*1H;;/q4*-1;;;;. The number of hydrogen-bond donors (Lipinski definition) is 0. The Bertz CT molecular complexity index is 1520. The fourth-order valence-corrected chi connectivity index (χ4v) is 4.86. The van der Waals surface area contributed by atoms with Crippen LogP contribution < -0.4 is 0 Å². The van der Waals surface area contributed by atoms with Crippen LogP contribution in [0.25, 0.3) is 43.7 Å². The van der Waals surface area contributed by atoms with Crippen molar-refractivity contribution in [2.45, 2.75) is 6.42 Å². The Morgan fingerprint density at radius 1 is 0.778 bits per heavy atom. The molecule has 0 saturated carbocycles. The van der Waals surface area contributed by atoms with Gasteiger partial charge in [-0.15, -0.1) is 65.4 Å². The van der Waals surface area contributed by atoms with Crippen LogP contribution in [0.15, 0.2) is 97.1 Å². The third kappa shape index (κ3) is 5.60. The first-order chi connectivity index (χ1) is 15.8. The van der Waals surface area contributed by atoms with Crippen LogP contribution in [0.5, 0.6) is 0 Å². The molecule has 184 valence electrons. The zero-order chi connectivity index (χ0) is 22.1. The van der Waals surface area contributed by atoms with Crippen LogP contribution in [0.3, 0.4) is 0 Å². The average molecular weight is 606 g/mol. The molecule has 0 spiro atoms. The summed E-state index contributed by atoms with van der Waals surface area (Å²) in [6, 6.07) is 37.6. The molecule has 0 amide bonds. The average Bonchev–Trinajstić information content (AvgIpc) is 3.51. The zero-order valence-corrected chi connectivity index (χ0v) is 25.8. The summed E-state index contributed by atoms with van der Waals surface area (Å²) < 4.78 is 2.28. The van der Waals surface area contributed by atoms with E-state index in [0.29, 0.717) is 0 Å². The van der Waals surface area contributed by atoms with E-state index < -0.39 is 0 Å². The first kappa shape index (κ1) is 32.0. The van der Waals surface area contributed by atoms with Crippen LogP contribution >= 0.6 is 24.8 Å². The van der Waals surface area contributed by atoms with E-state index in [1.54, 1.807) is 0 Å². The van der Waals surface area contributed by atoms with Gasteiger partial charge in [-0.05, 0) is 23.4 Å². The molecule has 5 aromatic carbocycles. The van der Waals surface area contributed by atoms with Gasteiger partial charge in [0.15, 0.2) is 0 Å². The van der Waals surface area contributed by atoms with Crippen molar-refractivity contribution in [2.24, 2.45) is 7.05 Å². The Labute approximate surface area is 244 Å². The summed E-state index contributed by atoms with van der Waals surface area (Å²) >= 11 is 1.36. The van der Waals surface area contributed by atoms with Crippen molar-refractivity contribution < 1.29 is 23.3 Å². The minimum atomic E-state index is 0. The Morgan fingerprint density at radius 2 is 1.39 bits per heavy atom. The number of aromatic nitrogens is 1. The Balaban J connectivity index is 0.000000312. The summed E-state index contributed by atoms with van der Waals surface area (Å²) in [6.45, 7) is 3.06. The van der Waals surface area contributed by atoms with Crippen molar-refractivity contribution in [3.63, 3.8) is 0 Å². The molecule has 0 atom stereocenters. The van der Waals surface area contributed by atoms with E-state index in [2.05, 4.69) is 116 Å². The smallest absolute Gasteiger partial charge is 0.0253 e. The van der Waals surface area contributed by atoms with E-state index in [9.17, 15) is 0 Å². The van der Waals surface area contributed by atoms with Gasteiger partial charge in [0.2, 0.25) is 0 Å². The Kier molecular flexibility index (Phi) is 12.5. The first-order valence-electron chi connectivity index (χ1n) is 10.7. The van der Waals surface area contributed by atoms with Crippen LogP contribution in [0.1, 0.15) is 11.1 Å². The third-order valence-electron chi connectivity index (χ3n) is 6.29. The summed E-state index contributed by atoms with van der Waals surface area (Å²) in [6.07, 6.45) is 1.05. The molecule has 5 heteroatoms. The number of halogens is 2. The van der Waals surface area contributed by atoms with Gasteiger partial charge in [0, 0.05) is 12.6 Å². The molecule has 1 aliphatic carbocycles. The summed E-state index contributed by atoms with van der Waals surface area (Å²) in [4.78, 5) is 0. The van der Waals surface area contributed by atoms with Gasteiger partial charge in [-0.1, -0.05) is 65.0 Å². The number of rotatable bonds is 0. The summed E-state index contributed by atoms with van der Waals surface area (Å²) in [7, 11) is 2.14. The second-order valence-electron chi connectivity index (χ2n) is 7.96. The van der Waals surface area contributed by atoms with E-state index in [-0.39, 0.29) is 39.7 Å². The van der Waals surface area contributed by atoms with Crippen molar-refractivity contribution in [3.8, 4) is 11.1 Å². The fourth-order valence-electron chi connectivity index (χ4n) is 4.86. The van der Waals surface area contributed by atoms with Gasteiger partial charge >= 0.3 is 30.2 Å². The topological polar surface area (TPSA) is 4.93 Å². The fraction of sp³-hybridized carbons (Fsp3) is 0.0645. The van der Waals surface area contributed by atoms with Crippen molar-refractivity contribution in [3.05, 3.63) is 129 Å². The van der Waals surface area contributed by atoms with Crippen LogP contribution in [-0.4, -0.2) is 11.4 Å². The van der Waals surface area contributed by atoms with E-state index in [1.807, 2.05) is 6.07 Å². The second kappa shape index (κ2) is 14.1. The molecule has 1 aromatic heterocycles. The number of aryl methyl sites for hydroxylation is 1. The predicted octanol–water partition coefficient (Wildman–Crippen LogP) is 8.62. The molecule has 6 aromatic rings. The largest absolute Gasteiger partial charge is 0.179 e. The molecule has 36 heavy (non-hydrogen) atoms. The quantitative estimate of drug-likeness (QED) is 0.121. The monoisotopic (exact) mass is 603 g/mol. The molecule has 7 rings (SSSR count).